The van der Waals surface area contributed by atoms with Gasteiger partial charge in [-0.3, -0.25) is 0 Å². The topological polar surface area (TPSA) is 35.5 Å². The Bertz CT molecular complexity index is 107. The van der Waals surface area contributed by atoms with Crippen LogP contribution in [0.5, 0.6) is 0 Å². The van der Waals surface area contributed by atoms with Gasteiger partial charge in [0.25, 0.3) is 0 Å². The van der Waals surface area contributed by atoms with Crippen molar-refractivity contribution in [3.63, 3.8) is 0 Å². The maximum Gasteiger partial charge on any atom is 0.0431 e. The highest BCUT2D eigenvalue weighted by molar-refractivity contribution is 4.61. The van der Waals surface area contributed by atoms with Crippen LogP contribution in [0.4, 0.5) is 0 Å². The number of unbranched alkanes of at least 4 members (excludes halogenated alkanes) is 1. The average molecular weight is 188 g/mol. The first-order valence-electron chi connectivity index (χ1n) is 5.15. The fourth-order valence-corrected chi connectivity index (χ4v) is 1.14. The average Bonchev–Trinajstić information content (AvgIpc) is 2.09. The van der Waals surface area contributed by atoms with Crippen LogP contribution >= 0.6 is 0 Å². The molecule has 0 aromatic heterocycles. The molecular formula is C10H24N2O. The van der Waals surface area contributed by atoms with Crippen molar-refractivity contribution in [3.05, 3.63) is 0 Å². The minimum Gasteiger partial charge on any atom is -0.396 e. The molecule has 0 radical (unpaired) electrons. The van der Waals surface area contributed by atoms with Crippen LogP contribution in [-0.4, -0.2) is 49.8 Å². The van der Waals surface area contributed by atoms with Gasteiger partial charge >= 0.3 is 0 Å². The first kappa shape index (κ1) is 12.9. The van der Waals surface area contributed by atoms with Crippen molar-refractivity contribution in [3.8, 4) is 0 Å². The largest absolute Gasteiger partial charge is 0.396 e. The molecule has 0 saturated carbocycles. The summed E-state index contributed by atoms with van der Waals surface area (Å²) >= 11 is 0. The highest BCUT2D eigenvalue weighted by atomic mass is 16.2. The minimum absolute atomic E-state index is 0.313. The van der Waals surface area contributed by atoms with Gasteiger partial charge in [0.1, 0.15) is 0 Å². The van der Waals surface area contributed by atoms with Gasteiger partial charge in [-0.2, -0.15) is 0 Å². The Kier molecular flexibility index (Phi) is 8.40. The fourth-order valence-electron chi connectivity index (χ4n) is 1.14. The fraction of sp³-hybridized carbons (Fsp3) is 1.00. The summed E-state index contributed by atoms with van der Waals surface area (Å²) in [6.45, 7) is 4.68. The number of hydrogen-bond acceptors (Lipinski definition) is 3. The Balaban J connectivity index is 3.15. The van der Waals surface area contributed by atoms with Gasteiger partial charge in [-0.1, -0.05) is 0 Å². The van der Waals surface area contributed by atoms with Crippen LogP contribution in [0.3, 0.4) is 0 Å². The molecule has 3 nitrogen and oxygen atoms in total. The molecule has 0 amide bonds. The van der Waals surface area contributed by atoms with E-state index in [1.165, 1.54) is 6.42 Å². The van der Waals surface area contributed by atoms with E-state index >= 15 is 0 Å². The molecule has 0 saturated heterocycles. The van der Waals surface area contributed by atoms with Crippen molar-refractivity contribution < 1.29 is 5.11 Å². The molecule has 80 valence electrons. The van der Waals surface area contributed by atoms with Gasteiger partial charge in [0.15, 0.2) is 0 Å². The molecule has 0 spiro atoms. The Hall–Kier alpha value is -0.120. The third-order valence-corrected chi connectivity index (χ3v) is 2.09. The molecule has 1 atom stereocenters. The van der Waals surface area contributed by atoms with Crippen LogP contribution in [0, 0.1) is 0 Å². The number of nitrogens with zero attached hydrogens (tertiary/aromatic N) is 1. The molecule has 0 aliphatic carbocycles. The van der Waals surface area contributed by atoms with Gasteiger partial charge in [0, 0.05) is 12.6 Å². The second-order valence-electron chi connectivity index (χ2n) is 3.88. The van der Waals surface area contributed by atoms with Crippen LogP contribution in [0.15, 0.2) is 0 Å². The number of nitrogens with one attached hydrogen (secondary N) is 1. The molecular weight excluding hydrogens is 164 g/mol. The Morgan fingerprint density at radius 3 is 2.54 bits per heavy atom. The molecule has 0 aliphatic heterocycles. The van der Waals surface area contributed by atoms with Crippen LogP contribution in [-0.2, 0) is 0 Å². The van der Waals surface area contributed by atoms with E-state index < -0.39 is 0 Å². The van der Waals surface area contributed by atoms with E-state index in [2.05, 4.69) is 31.2 Å². The zero-order chi connectivity index (χ0) is 10.1. The summed E-state index contributed by atoms with van der Waals surface area (Å²) < 4.78 is 0. The van der Waals surface area contributed by atoms with Gasteiger partial charge in [-0.15, -0.1) is 0 Å². The van der Waals surface area contributed by atoms with E-state index in [9.17, 15) is 0 Å². The van der Waals surface area contributed by atoms with Crippen LogP contribution < -0.4 is 5.32 Å². The second kappa shape index (κ2) is 8.48. The summed E-state index contributed by atoms with van der Waals surface area (Å²) in [5.41, 5.74) is 0. The Morgan fingerprint density at radius 2 is 2.00 bits per heavy atom. The first-order valence-corrected chi connectivity index (χ1v) is 5.15. The van der Waals surface area contributed by atoms with Crippen LogP contribution in [0.1, 0.15) is 26.2 Å². The lowest BCUT2D eigenvalue weighted by molar-refractivity contribution is 0.282. The number of hydrogen-bond donors (Lipinski definition) is 2. The predicted octanol–water partition coefficient (Wildman–Crippen LogP) is 0.689. The SMILES string of the molecule is CC(CCN(C)C)NCCCCO. The summed E-state index contributed by atoms with van der Waals surface area (Å²) in [6, 6.07) is 0.584. The minimum atomic E-state index is 0.313. The third kappa shape index (κ3) is 9.80. The maximum atomic E-state index is 8.57. The Labute approximate surface area is 82.1 Å². The second-order valence-corrected chi connectivity index (χ2v) is 3.88. The number of rotatable bonds is 8. The lowest BCUT2D eigenvalue weighted by atomic mass is 10.2. The summed E-state index contributed by atoms with van der Waals surface area (Å²) in [4.78, 5) is 2.20. The van der Waals surface area contributed by atoms with Crippen molar-refractivity contribution in [2.75, 3.05) is 33.8 Å². The van der Waals surface area contributed by atoms with Crippen molar-refractivity contribution in [1.29, 1.82) is 0 Å². The molecule has 13 heavy (non-hydrogen) atoms. The number of aliphatic hydroxyl groups is 1. The lowest BCUT2D eigenvalue weighted by Crippen LogP contribution is -2.30. The summed E-state index contributed by atoms with van der Waals surface area (Å²) in [7, 11) is 4.19. The Morgan fingerprint density at radius 1 is 1.31 bits per heavy atom. The van der Waals surface area contributed by atoms with Crippen molar-refractivity contribution in [2.45, 2.75) is 32.2 Å². The van der Waals surface area contributed by atoms with E-state index in [1.54, 1.807) is 0 Å². The quantitative estimate of drug-likeness (QED) is 0.550. The van der Waals surface area contributed by atoms with E-state index in [-0.39, 0.29) is 0 Å². The van der Waals surface area contributed by atoms with Crippen LogP contribution in [0.2, 0.25) is 0 Å². The highest BCUT2D eigenvalue weighted by Gasteiger charge is 2.00. The smallest absolute Gasteiger partial charge is 0.0431 e. The first-order chi connectivity index (χ1) is 6.16. The van der Waals surface area contributed by atoms with Crippen molar-refractivity contribution >= 4 is 0 Å². The zero-order valence-electron chi connectivity index (χ0n) is 9.21. The van der Waals surface area contributed by atoms with Crippen molar-refractivity contribution in [1.82, 2.24) is 10.2 Å². The standard InChI is InChI=1S/C10H24N2O/c1-10(6-8-12(2)3)11-7-4-5-9-13/h10-11,13H,4-9H2,1-3H3. The molecule has 2 N–H and O–H groups in total. The predicted molar refractivity (Wildman–Crippen MR) is 57.0 cm³/mol. The maximum absolute atomic E-state index is 8.57. The van der Waals surface area contributed by atoms with Gasteiger partial charge in [0.05, 0.1) is 0 Å². The van der Waals surface area contributed by atoms with Gasteiger partial charge in [-0.05, 0) is 53.4 Å². The molecule has 1 unspecified atom stereocenters. The molecule has 0 rings (SSSR count). The van der Waals surface area contributed by atoms with E-state index in [0.29, 0.717) is 12.6 Å². The number of aliphatic hydroxyl groups excluding tert-OH is 1. The van der Waals surface area contributed by atoms with E-state index in [0.717, 1.165) is 25.9 Å². The monoisotopic (exact) mass is 188 g/mol. The summed E-state index contributed by atoms with van der Waals surface area (Å²) in [5, 5.41) is 12.0. The normalized spacial score (nSPS) is 13.6. The molecule has 0 aromatic rings. The van der Waals surface area contributed by atoms with Gasteiger partial charge < -0.3 is 15.3 Å². The molecule has 3 heteroatoms. The molecule has 0 bridgehead atoms. The van der Waals surface area contributed by atoms with Crippen molar-refractivity contribution in [2.24, 2.45) is 0 Å². The van der Waals surface area contributed by atoms with Gasteiger partial charge in [0.2, 0.25) is 0 Å². The van der Waals surface area contributed by atoms with Crippen LogP contribution in [0.25, 0.3) is 0 Å². The summed E-state index contributed by atoms with van der Waals surface area (Å²) in [6.07, 6.45) is 3.17. The third-order valence-electron chi connectivity index (χ3n) is 2.09. The van der Waals surface area contributed by atoms with E-state index in [1.807, 2.05) is 0 Å². The molecule has 0 fully saturated rings. The van der Waals surface area contributed by atoms with Gasteiger partial charge in [-0.25, -0.2) is 0 Å². The lowest BCUT2D eigenvalue weighted by Gasteiger charge is -2.16. The molecule has 0 aliphatic rings. The molecule has 0 aromatic carbocycles. The summed E-state index contributed by atoms with van der Waals surface area (Å²) in [5.74, 6) is 0. The molecule has 0 heterocycles. The van der Waals surface area contributed by atoms with E-state index in [4.69, 9.17) is 5.11 Å². The highest BCUT2D eigenvalue weighted by Crippen LogP contribution is 1.93. The zero-order valence-corrected chi connectivity index (χ0v) is 9.21.